The normalized spacial score (nSPS) is 10.1. The number of benzene rings is 1. The molecule has 0 aliphatic rings. The second-order valence-corrected chi connectivity index (χ2v) is 4.14. The largest absolute Gasteiger partial charge is 0.335 e. The highest BCUT2D eigenvalue weighted by Gasteiger charge is 2.09. The molecule has 1 aromatic heterocycles. The summed E-state index contributed by atoms with van der Waals surface area (Å²) in [6.07, 6.45) is 0.132. The molecule has 0 bridgehead atoms. The molecule has 5 nitrogen and oxygen atoms in total. The molecular weight excluding hydrogens is 242 g/mol. The third kappa shape index (κ3) is 2.47. The van der Waals surface area contributed by atoms with Gasteiger partial charge in [-0.05, 0) is 19.1 Å². The predicted molar refractivity (Wildman–Crippen MR) is 71.3 cm³/mol. The Morgan fingerprint density at radius 2 is 1.89 bits per heavy atom. The summed E-state index contributed by atoms with van der Waals surface area (Å²) in [7, 11) is 0. The van der Waals surface area contributed by atoms with Crippen LogP contribution in [0.1, 0.15) is 12.1 Å². The van der Waals surface area contributed by atoms with Gasteiger partial charge in [-0.2, -0.15) is 5.26 Å². The predicted octanol–water partition coefficient (Wildman–Crippen LogP) is 1.22. The van der Waals surface area contributed by atoms with E-state index in [-0.39, 0.29) is 18.5 Å². The van der Waals surface area contributed by atoms with E-state index in [0.717, 1.165) is 4.57 Å². The van der Waals surface area contributed by atoms with E-state index in [1.807, 2.05) is 24.3 Å². The van der Waals surface area contributed by atoms with E-state index >= 15 is 0 Å². The topological polar surface area (TPSA) is 67.8 Å². The van der Waals surface area contributed by atoms with Crippen LogP contribution < -0.4 is 11.2 Å². The molecule has 0 saturated heterocycles. The molecule has 0 atom stereocenters. The van der Waals surface area contributed by atoms with Gasteiger partial charge in [0.15, 0.2) is 0 Å². The number of aromatic nitrogens is 2. The molecule has 2 aromatic rings. The Morgan fingerprint density at radius 3 is 2.53 bits per heavy atom. The fourth-order valence-electron chi connectivity index (χ4n) is 1.95. The van der Waals surface area contributed by atoms with Gasteiger partial charge in [-0.25, -0.2) is 4.79 Å². The summed E-state index contributed by atoms with van der Waals surface area (Å²) in [4.78, 5) is 24.1. The Hall–Kier alpha value is -2.61. The molecule has 96 valence electrons. The van der Waals surface area contributed by atoms with Crippen molar-refractivity contribution in [2.45, 2.75) is 19.9 Å². The molecule has 1 aromatic carbocycles. The Morgan fingerprint density at radius 1 is 1.21 bits per heavy atom. The van der Waals surface area contributed by atoms with Crippen LogP contribution in [-0.2, 0) is 6.54 Å². The van der Waals surface area contributed by atoms with Crippen LogP contribution in [0.4, 0.5) is 0 Å². The summed E-state index contributed by atoms with van der Waals surface area (Å²) in [6, 6.07) is 12.5. The molecule has 0 spiro atoms. The van der Waals surface area contributed by atoms with Crippen LogP contribution in [0.3, 0.4) is 0 Å². The minimum atomic E-state index is -0.411. The third-order valence-electron chi connectivity index (χ3n) is 2.83. The molecule has 0 unspecified atom stereocenters. The van der Waals surface area contributed by atoms with Crippen molar-refractivity contribution >= 4 is 0 Å². The van der Waals surface area contributed by atoms with Gasteiger partial charge in [0.1, 0.15) is 0 Å². The van der Waals surface area contributed by atoms with E-state index in [9.17, 15) is 9.59 Å². The highest BCUT2D eigenvalue weighted by Crippen LogP contribution is 2.05. The first-order valence-electron chi connectivity index (χ1n) is 5.91. The lowest BCUT2D eigenvalue weighted by Gasteiger charge is -2.12. The van der Waals surface area contributed by atoms with E-state index in [0.29, 0.717) is 11.4 Å². The Labute approximate surface area is 110 Å². The lowest BCUT2D eigenvalue weighted by atomic mass is 10.3. The van der Waals surface area contributed by atoms with Crippen LogP contribution >= 0.6 is 0 Å². The number of nitrogens with zero attached hydrogens (tertiary/aromatic N) is 3. The van der Waals surface area contributed by atoms with Crippen molar-refractivity contribution in [3.05, 3.63) is 62.9 Å². The van der Waals surface area contributed by atoms with Crippen molar-refractivity contribution in [1.29, 1.82) is 5.26 Å². The molecule has 0 amide bonds. The van der Waals surface area contributed by atoms with Crippen molar-refractivity contribution in [2.24, 2.45) is 0 Å². The van der Waals surface area contributed by atoms with Crippen LogP contribution in [0.25, 0.3) is 5.69 Å². The zero-order valence-electron chi connectivity index (χ0n) is 10.5. The molecule has 1 heterocycles. The van der Waals surface area contributed by atoms with Crippen molar-refractivity contribution in [1.82, 2.24) is 9.13 Å². The summed E-state index contributed by atoms with van der Waals surface area (Å²) in [6.45, 7) is 1.83. The fourth-order valence-corrected chi connectivity index (χ4v) is 1.95. The summed E-state index contributed by atoms with van der Waals surface area (Å²) in [5, 5.41) is 8.58. The van der Waals surface area contributed by atoms with E-state index in [1.165, 1.54) is 10.6 Å². The minimum absolute atomic E-state index is 0.112. The maximum Gasteiger partial charge on any atom is 0.335 e. The van der Waals surface area contributed by atoms with Gasteiger partial charge in [-0.15, -0.1) is 0 Å². The monoisotopic (exact) mass is 255 g/mol. The number of rotatable bonds is 3. The van der Waals surface area contributed by atoms with Crippen molar-refractivity contribution < 1.29 is 0 Å². The highest BCUT2D eigenvalue weighted by atomic mass is 16.2. The van der Waals surface area contributed by atoms with E-state index in [1.54, 1.807) is 19.1 Å². The van der Waals surface area contributed by atoms with Crippen LogP contribution in [0, 0.1) is 18.3 Å². The van der Waals surface area contributed by atoms with Crippen molar-refractivity contribution in [3.8, 4) is 11.8 Å². The zero-order chi connectivity index (χ0) is 13.8. The summed E-state index contributed by atoms with van der Waals surface area (Å²) >= 11 is 0. The summed E-state index contributed by atoms with van der Waals surface area (Å²) in [5.74, 6) is 0. The zero-order valence-corrected chi connectivity index (χ0v) is 10.5. The molecule has 0 fully saturated rings. The number of nitriles is 1. The van der Waals surface area contributed by atoms with E-state index in [2.05, 4.69) is 0 Å². The summed E-state index contributed by atoms with van der Waals surface area (Å²) in [5.41, 5.74) is 0.501. The average molecular weight is 255 g/mol. The van der Waals surface area contributed by atoms with Crippen LogP contribution in [0.5, 0.6) is 0 Å². The van der Waals surface area contributed by atoms with Gasteiger partial charge in [0.25, 0.3) is 5.56 Å². The third-order valence-corrected chi connectivity index (χ3v) is 2.83. The number of hydrogen-bond donors (Lipinski definition) is 0. The Balaban J connectivity index is 2.66. The van der Waals surface area contributed by atoms with Crippen LogP contribution in [0.15, 0.2) is 46.0 Å². The maximum absolute atomic E-state index is 12.3. The van der Waals surface area contributed by atoms with Crippen LogP contribution in [0.2, 0.25) is 0 Å². The first kappa shape index (κ1) is 12.8. The smallest absolute Gasteiger partial charge is 0.269 e. The first-order valence-corrected chi connectivity index (χ1v) is 5.91. The van der Waals surface area contributed by atoms with Gasteiger partial charge < -0.3 is 0 Å². The second-order valence-electron chi connectivity index (χ2n) is 4.14. The molecule has 0 N–H and O–H groups in total. The highest BCUT2D eigenvalue weighted by molar-refractivity contribution is 5.33. The standard InChI is InChI=1S/C14H13N3O2/c1-11-10-13(18)16(9-5-8-15)14(19)17(11)12-6-3-2-4-7-12/h2-4,6-7,10H,5,9H2,1H3. The fraction of sp³-hybridized carbons (Fsp3) is 0.214. The first-order chi connectivity index (χ1) is 9.15. The molecule has 0 aliphatic carbocycles. The number of hydrogen-bond acceptors (Lipinski definition) is 3. The SMILES string of the molecule is Cc1cc(=O)n(CCC#N)c(=O)n1-c1ccccc1. The lowest BCUT2D eigenvalue weighted by molar-refractivity contribution is 0.612. The van der Waals surface area contributed by atoms with E-state index in [4.69, 9.17) is 5.26 Å². The van der Waals surface area contributed by atoms with Gasteiger partial charge >= 0.3 is 5.69 Å². The van der Waals surface area contributed by atoms with Gasteiger partial charge in [0.2, 0.25) is 0 Å². The quantitative estimate of drug-likeness (QED) is 0.828. The number of aryl methyl sites for hydroxylation is 1. The van der Waals surface area contributed by atoms with Crippen LogP contribution in [-0.4, -0.2) is 9.13 Å². The molecule has 0 saturated carbocycles. The second kappa shape index (κ2) is 5.36. The lowest BCUT2D eigenvalue weighted by Crippen LogP contribution is -2.39. The molecule has 0 aliphatic heterocycles. The van der Waals surface area contributed by atoms with Gasteiger partial charge in [0.05, 0.1) is 18.2 Å². The molecule has 19 heavy (non-hydrogen) atoms. The molecule has 0 radical (unpaired) electrons. The Bertz CT molecular complexity index is 736. The Kier molecular flexibility index (Phi) is 3.62. The maximum atomic E-state index is 12.3. The van der Waals surface area contributed by atoms with Crippen molar-refractivity contribution in [3.63, 3.8) is 0 Å². The number of para-hydroxylation sites is 1. The minimum Gasteiger partial charge on any atom is -0.269 e. The molecule has 2 rings (SSSR count). The summed E-state index contributed by atoms with van der Waals surface area (Å²) < 4.78 is 2.56. The van der Waals surface area contributed by atoms with E-state index < -0.39 is 5.69 Å². The van der Waals surface area contributed by atoms with Gasteiger partial charge in [0, 0.05) is 18.3 Å². The molecular formula is C14H13N3O2. The molecule has 5 heteroatoms. The van der Waals surface area contributed by atoms with Gasteiger partial charge in [-0.3, -0.25) is 13.9 Å². The average Bonchev–Trinajstić information content (AvgIpc) is 2.39. The van der Waals surface area contributed by atoms with Crippen molar-refractivity contribution in [2.75, 3.05) is 0 Å². The van der Waals surface area contributed by atoms with Gasteiger partial charge in [-0.1, -0.05) is 18.2 Å².